The Bertz CT molecular complexity index is 165. The Morgan fingerprint density at radius 2 is 2.07 bits per heavy atom. The van der Waals surface area contributed by atoms with E-state index in [0.717, 1.165) is 38.5 Å². The molecule has 0 aromatic carbocycles. The number of nitrogens with zero attached hydrogens (tertiary/aromatic N) is 1. The summed E-state index contributed by atoms with van der Waals surface area (Å²) < 4.78 is 7.50. The van der Waals surface area contributed by atoms with E-state index in [1.807, 2.05) is 0 Å². The number of carbonyl (C=O) groups excluding carboxylic acids is 1. The first-order valence-electron chi connectivity index (χ1n) is 4.53. The van der Waals surface area contributed by atoms with E-state index < -0.39 is 0 Å². The zero-order valence-corrected chi connectivity index (χ0v) is 9.74. The van der Waals surface area contributed by atoms with Gasteiger partial charge in [0.15, 0.2) is 0 Å². The lowest BCUT2D eigenvalue weighted by Crippen LogP contribution is -2.31. The second kappa shape index (κ2) is 8.35. The minimum atomic E-state index is -0.206. The molecule has 0 radical (unpaired) electrons. The van der Waals surface area contributed by atoms with Crippen LogP contribution in [-0.4, -0.2) is 42.3 Å². The summed E-state index contributed by atoms with van der Waals surface area (Å²) >= 11 is 1.78. The summed E-state index contributed by atoms with van der Waals surface area (Å²) in [6, 6.07) is 0. The fourth-order valence-corrected chi connectivity index (χ4v) is 2.05. The number of carbonyl (C=O) groups is 1. The van der Waals surface area contributed by atoms with Crippen molar-refractivity contribution in [2.75, 3.05) is 32.1 Å². The van der Waals surface area contributed by atoms with Crippen molar-refractivity contribution in [3.8, 4) is 0 Å². The van der Waals surface area contributed by atoms with Crippen LogP contribution in [0.15, 0.2) is 0 Å². The highest BCUT2D eigenvalue weighted by Gasteiger charge is 2.09. The fraction of sp³-hybridized carbons (Fsp3) is 0.875. The molecule has 1 rings (SSSR count). The number of primary amides is 1. The lowest BCUT2D eigenvalue weighted by molar-refractivity contribution is -0.118. The highest BCUT2D eigenvalue weighted by atomic mass is 35.5. The first-order valence-corrected chi connectivity index (χ1v) is 5.47. The Kier molecular flexibility index (Phi) is 8.37. The van der Waals surface area contributed by atoms with Crippen LogP contribution < -0.4 is 5.73 Å². The van der Waals surface area contributed by atoms with Gasteiger partial charge < -0.3 is 10.5 Å². The zero-order valence-electron chi connectivity index (χ0n) is 8.11. The number of amides is 1. The second-order valence-corrected chi connectivity index (χ2v) is 4.13. The molecule has 4 nitrogen and oxygen atoms in total. The van der Waals surface area contributed by atoms with Crippen LogP contribution in [0.5, 0.6) is 0 Å². The van der Waals surface area contributed by atoms with Crippen LogP contribution in [0, 0.1) is 0 Å². The van der Waals surface area contributed by atoms with Gasteiger partial charge in [0.1, 0.15) is 0 Å². The van der Waals surface area contributed by atoms with Gasteiger partial charge in [-0.3, -0.25) is 4.79 Å². The SMILES string of the molecule is Cl.NC(=O)CCCSN1CCOCC1. The summed E-state index contributed by atoms with van der Waals surface area (Å²) in [5.41, 5.74) is 5.03. The molecule has 0 saturated carbocycles. The molecular formula is C8H17ClN2O2S. The van der Waals surface area contributed by atoms with Crippen LogP contribution in [0.2, 0.25) is 0 Å². The molecule has 0 unspecified atom stereocenters. The standard InChI is InChI=1S/C8H16N2O2S.ClH/c9-8(11)2-1-7-13-10-3-5-12-6-4-10;/h1-7H2,(H2,9,11);1H. The highest BCUT2D eigenvalue weighted by molar-refractivity contribution is 7.97. The third-order valence-corrected chi connectivity index (χ3v) is 3.01. The van der Waals surface area contributed by atoms with Crippen LogP contribution >= 0.6 is 24.4 Å². The monoisotopic (exact) mass is 240 g/mol. The van der Waals surface area contributed by atoms with Gasteiger partial charge in [-0.1, -0.05) is 11.9 Å². The van der Waals surface area contributed by atoms with Crippen LogP contribution in [0.4, 0.5) is 0 Å². The van der Waals surface area contributed by atoms with Crippen LogP contribution in [0.1, 0.15) is 12.8 Å². The van der Waals surface area contributed by atoms with Crippen molar-refractivity contribution in [2.45, 2.75) is 12.8 Å². The van der Waals surface area contributed by atoms with Gasteiger partial charge in [0, 0.05) is 25.3 Å². The van der Waals surface area contributed by atoms with E-state index >= 15 is 0 Å². The van der Waals surface area contributed by atoms with Crippen LogP contribution in [0.3, 0.4) is 0 Å². The van der Waals surface area contributed by atoms with Gasteiger partial charge >= 0.3 is 0 Å². The molecular weight excluding hydrogens is 224 g/mol. The van der Waals surface area contributed by atoms with Crippen molar-refractivity contribution in [3.05, 3.63) is 0 Å². The third kappa shape index (κ3) is 6.48. The summed E-state index contributed by atoms with van der Waals surface area (Å²) in [4.78, 5) is 10.4. The van der Waals surface area contributed by atoms with Crippen LogP contribution in [0.25, 0.3) is 0 Å². The van der Waals surface area contributed by atoms with E-state index in [1.165, 1.54) is 0 Å². The van der Waals surface area contributed by atoms with Gasteiger partial charge in [-0.15, -0.1) is 12.4 Å². The Hall–Kier alpha value is 0.0300. The number of ether oxygens (including phenoxy) is 1. The molecule has 84 valence electrons. The van der Waals surface area contributed by atoms with E-state index in [2.05, 4.69) is 4.31 Å². The topological polar surface area (TPSA) is 55.6 Å². The lowest BCUT2D eigenvalue weighted by atomic mass is 10.3. The number of rotatable bonds is 5. The molecule has 0 aromatic rings. The quantitative estimate of drug-likeness (QED) is 0.567. The Labute approximate surface area is 95.1 Å². The molecule has 2 N–H and O–H groups in total. The van der Waals surface area contributed by atoms with E-state index in [4.69, 9.17) is 10.5 Å². The maximum absolute atomic E-state index is 10.4. The van der Waals surface area contributed by atoms with Gasteiger partial charge in [0.05, 0.1) is 13.2 Å². The van der Waals surface area contributed by atoms with E-state index in [0.29, 0.717) is 6.42 Å². The summed E-state index contributed by atoms with van der Waals surface area (Å²) in [6.45, 7) is 3.62. The summed E-state index contributed by atoms with van der Waals surface area (Å²) in [5, 5.41) is 0. The Morgan fingerprint density at radius 3 is 2.64 bits per heavy atom. The molecule has 1 fully saturated rings. The van der Waals surface area contributed by atoms with Gasteiger partial charge in [0.25, 0.3) is 0 Å². The van der Waals surface area contributed by atoms with Crippen molar-refractivity contribution >= 4 is 30.3 Å². The van der Waals surface area contributed by atoms with Gasteiger partial charge in [-0.05, 0) is 6.42 Å². The smallest absolute Gasteiger partial charge is 0.217 e. The predicted molar refractivity (Wildman–Crippen MR) is 60.5 cm³/mol. The Balaban J connectivity index is 0.00000169. The molecule has 1 aliphatic rings. The molecule has 0 bridgehead atoms. The molecule has 1 aliphatic heterocycles. The molecule has 1 amide bonds. The van der Waals surface area contributed by atoms with Crippen molar-refractivity contribution in [3.63, 3.8) is 0 Å². The first kappa shape index (κ1) is 14.0. The molecule has 1 saturated heterocycles. The fourth-order valence-electron chi connectivity index (χ4n) is 1.12. The number of hydrogen-bond donors (Lipinski definition) is 1. The van der Waals surface area contributed by atoms with Crippen molar-refractivity contribution in [1.82, 2.24) is 4.31 Å². The molecule has 0 spiro atoms. The number of hydrogen-bond acceptors (Lipinski definition) is 4. The molecule has 0 atom stereocenters. The predicted octanol–water partition coefficient (Wildman–Crippen LogP) is 0.654. The average molecular weight is 241 g/mol. The van der Waals surface area contributed by atoms with Crippen LogP contribution in [-0.2, 0) is 9.53 Å². The van der Waals surface area contributed by atoms with E-state index in [9.17, 15) is 4.79 Å². The maximum atomic E-state index is 10.4. The largest absolute Gasteiger partial charge is 0.379 e. The van der Waals surface area contributed by atoms with Gasteiger partial charge in [0.2, 0.25) is 5.91 Å². The third-order valence-electron chi connectivity index (χ3n) is 1.81. The molecule has 14 heavy (non-hydrogen) atoms. The van der Waals surface area contributed by atoms with E-state index in [-0.39, 0.29) is 18.3 Å². The summed E-state index contributed by atoms with van der Waals surface area (Å²) in [7, 11) is 0. The Morgan fingerprint density at radius 1 is 1.43 bits per heavy atom. The summed E-state index contributed by atoms with van der Waals surface area (Å²) in [6.07, 6.45) is 1.37. The number of nitrogens with two attached hydrogens (primary N) is 1. The van der Waals surface area contributed by atoms with Gasteiger partial charge in [-0.25, -0.2) is 4.31 Å². The minimum absolute atomic E-state index is 0. The van der Waals surface area contributed by atoms with Crippen molar-refractivity contribution < 1.29 is 9.53 Å². The maximum Gasteiger partial charge on any atom is 0.217 e. The molecule has 6 heteroatoms. The normalized spacial score (nSPS) is 17.4. The number of halogens is 1. The zero-order chi connectivity index (χ0) is 9.52. The average Bonchev–Trinajstić information content (AvgIpc) is 2.14. The molecule has 0 aliphatic carbocycles. The van der Waals surface area contributed by atoms with Crippen molar-refractivity contribution in [1.29, 1.82) is 0 Å². The van der Waals surface area contributed by atoms with Crippen molar-refractivity contribution in [2.24, 2.45) is 5.73 Å². The highest BCUT2D eigenvalue weighted by Crippen LogP contribution is 2.13. The first-order chi connectivity index (χ1) is 6.29. The second-order valence-electron chi connectivity index (χ2n) is 2.94. The minimum Gasteiger partial charge on any atom is -0.379 e. The number of morpholine rings is 1. The molecule has 1 heterocycles. The van der Waals surface area contributed by atoms with Gasteiger partial charge in [-0.2, -0.15) is 0 Å². The lowest BCUT2D eigenvalue weighted by Gasteiger charge is -2.25. The summed E-state index contributed by atoms with van der Waals surface area (Å²) in [5.74, 6) is 0.769. The molecule has 0 aromatic heterocycles. The van der Waals surface area contributed by atoms with E-state index in [1.54, 1.807) is 11.9 Å².